The van der Waals surface area contributed by atoms with Gasteiger partial charge in [0, 0.05) is 18.7 Å². The summed E-state index contributed by atoms with van der Waals surface area (Å²) in [6.45, 7) is 4.67. The molecule has 2 rings (SSSR count). The van der Waals surface area contributed by atoms with Gasteiger partial charge in [0.1, 0.15) is 5.82 Å². The Labute approximate surface area is 120 Å². The Morgan fingerprint density at radius 2 is 2.16 bits per heavy atom. The predicted molar refractivity (Wildman–Crippen MR) is 75.4 cm³/mol. The van der Waals surface area contributed by atoms with Crippen molar-refractivity contribution in [1.29, 1.82) is 0 Å². The smallest absolute Gasteiger partial charge is 0.137 e. The van der Waals surface area contributed by atoms with Crippen molar-refractivity contribution in [3.05, 3.63) is 51.5 Å². The van der Waals surface area contributed by atoms with Gasteiger partial charge in [-0.05, 0) is 53.5 Å². The van der Waals surface area contributed by atoms with E-state index in [1.54, 1.807) is 12.1 Å². The molecule has 1 aromatic carbocycles. The highest BCUT2D eigenvalue weighted by atomic mass is 79.9. The molecule has 0 bridgehead atoms. The Kier molecular flexibility index (Phi) is 4.37. The molecule has 1 atom stereocenters. The summed E-state index contributed by atoms with van der Waals surface area (Å²) in [4.78, 5) is 0. The molecule has 1 N–H and O–H groups in total. The number of aromatic nitrogens is 2. The number of aliphatic hydroxyl groups excluding tert-OH is 1. The third-order valence-electron chi connectivity index (χ3n) is 3.02. The summed E-state index contributed by atoms with van der Waals surface area (Å²) in [6, 6.07) is 6.63. The Bertz CT molecular complexity index is 583. The molecular weight excluding hydrogens is 311 g/mol. The van der Waals surface area contributed by atoms with E-state index in [9.17, 15) is 9.50 Å². The SMILES string of the molecule is CCn1nc(C)cc1CC(O)c1ccc(Br)c(F)c1. The van der Waals surface area contributed by atoms with E-state index in [4.69, 9.17) is 0 Å². The quantitative estimate of drug-likeness (QED) is 0.935. The minimum Gasteiger partial charge on any atom is -0.388 e. The summed E-state index contributed by atoms with van der Waals surface area (Å²) in [5.41, 5.74) is 2.45. The molecule has 19 heavy (non-hydrogen) atoms. The molecule has 0 aliphatic heterocycles. The fraction of sp³-hybridized carbons (Fsp3) is 0.357. The number of hydrogen-bond donors (Lipinski definition) is 1. The van der Waals surface area contributed by atoms with Crippen molar-refractivity contribution in [2.24, 2.45) is 0 Å². The topological polar surface area (TPSA) is 38.0 Å². The average Bonchev–Trinajstić information content (AvgIpc) is 2.72. The number of halogens is 2. The van der Waals surface area contributed by atoms with Gasteiger partial charge in [-0.1, -0.05) is 6.07 Å². The van der Waals surface area contributed by atoms with E-state index in [0.29, 0.717) is 16.5 Å². The van der Waals surface area contributed by atoms with Crippen LogP contribution in [0.5, 0.6) is 0 Å². The molecule has 0 amide bonds. The van der Waals surface area contributed by atoms with Gasteiger partial charge in [0.2, 0.25) is 0 Å². The molecule has 0 saturated carbocycles. The normalized spacial score (nSPS) is 12.7. The van der Waals surface area contributed by atoms with E-state index in [0.717, 1.165) is 17.9 Å². The molecule has 0 spiro atoms. The standard InChI is InChI=1S/C14H16BrFN2O/c1-3-18-11(6-9(2)17-18)8-14(19)10-4-5-12(15)13(16)7-10/h4-7,14,19H,3,8H2,1-2H3. The monoisotopic (exact) mass is 326 g/mol. The first-order valence-electron chi connectivity index (χ1n) is 6.17. The lowest BCUT2D eigenvalue weighted by atomic mass is 10.0. The van der Waals surface area contributed by atoms with Gasteiger partial charge in [-0.15, -0.1) is 0 Å². The maximum atomic E-state index is 13.5. The fourth-order valence-electron chi connectivity index (χ4n) is 2.07. The number of benzene rings is 1. The zero-order valence-corrected chi connectivity index (χ0v) is 12.5. The highest BCUT2D eigenvalue weighted by Gasteiger charge is 2.14. The summed E-state index contributed by atoms with van der Waals surface area (Å²) < 4.78 is 15.7. The molecule has 0 fully saturated rings. The maximum Gasteiger partial charge on any atom is 0.137 e. The van der Waals surface area contributed by atoms with Crippen LogP contribution in [0, 0.1) is 12.7 Å². The molecule has 3 nitrogen and oxygen atoms in total. The second-order valence-electron chi connectivity index (χ2n) is 4.49. The van der Waals surface area contributed by atoms with Crippen molar-refractivity contribution in [3.8, 4) is 0 Å². The average molecular weight is 327 g/mol. The van der Waals surface area contributed by atoms with Crippen LogP contribution in [-0.4, -0.2) is 14.9 Å². The first-order valence-corrected chi connectivity index (χ1v) is 6.97. The lowest BCUT2D eigenvalue weighted by Gasteiger charge is -2.12. The highest BCUT2D eigenvalue weighted by Crippen LogP contribution is 2.23. The second kappa shape index (κ2) is 5.84. The van der Waals surface area contributed by atoms with Crippen molar-refractivity contribution in [2.45, 2.75) is 32.9 Å². The van der Waals surface area contributed by atoms with Gasteiger partial charge in [0.15, 0.2) is 0 Å². The van der Waals surface area contributed by atoms with Crippen LogP contribution in [-0.2, 0) is 13.0 Å². The molecule has 102 valence electrons. The predicted octanol–water partition coefficient (Wildman–Crippen LogP) is 3.39. The van der Waals surface area contributed by atoms with Crippen molar-refractivity contribution < 1.29 is 9.50 Å². The number of nitrogens with zero attached hydrogens (tertiary/aromatic N) is 2. The van der Waals surface area contributed by atoms with Gasteiger partial charge in [-0.3, -0.25) is 4.68 Å². The second-order valence-corrected chi connectivity index (χ2v) is 5.34. The van der Waals surface area contributed by atoms with Gasteiger partial charge < -0.3 is 5.11 Å². The van der Waals surface area contributed by atoms with Crippen LogP contribution >= 0.6 is 15.9 Å². The molecule has 5 heteroatoms. The molecule has 1 unspecified atom stereocenters. The third-order valence-corrected chi connectivity index (χ3v) is 3.66. The number of aliphatic hydroxyl groups is 1. The minimum absolute atomic E-state index is 0.364. The molecule has 0 aliphatic rings. The van der Waals surface area contributed by atoms with Crippen LogP contribution in [0.2, 0.25) is 0 Å². The maximum absolute atomic E-state index is 13.5. The number of aryl methyl sites for hydroxylation is 2. The van der Waals surface area contributed by atoms with E-state index < -0.39 is 6.10 Å². The Morgan fingerprint density at radius 3 is 2.79 bits per heavy atom. The molecule has 1 aromatic heterocycles. The fourth-order valence-corrected chi connectivity index (χ4v) is 2.32. The van der Waals surface area contributed by atoms with Crippen LogP contribution in [0.1, 0.15) is 30.0 Å². The van der Waals surface area contributed by atoms with Crippen molar-refractivity contribution in [3.63, 3.8) is 0 Å². The molecular formula is C14H16BrFN2O. The van der Waals surface area contributed by atoms with Crippen LogP contribution in [0.4, 0.5) is 4.39 Å². The van der Waals surface area contributed by atoms with E-state index in [-0.39, 0.29) is 5.82 Å². The van der Waals surface area contributed by atoms with Gasteiger partial charge in [-0.2, -0.15) is 5.10 Å². The molecule has 1 heterocycles. The molecule has 0 saturated heterocycles. The summed E-state index contributed by atoms with van der Waals surface area (Å²) in [5.74, 6) is -0.364. The Morgan fingerprint density at radius 1 is 1.42 bits per heavy atom. The largest absolute Gasteiger partial charge is 0.388 e. The van der Waals surface area contributed by atoms with Gasteiger partial charge in [0.05, 0.1) is 16.3 Å². The number of rotatable bonds is 4. The summed E-state index contributed by atoms with van der Waals surface area (Å²) in [6.07, 6.45) is -0.306. The lowest BCUT2D eigenvalue weighted by molar-refractivity contribution is 0.175. The molecule has 0 aliphatic carbocycles. The highest BCUT2D eigenvalue weighted by molar-refractivity contribution is 9.10. The van der Waals surface area contributed by atoms with Gasteiger partial charge in [0.25, 0.3) is 0 Å². The summed E-state index contributed by atoms with van der Waals surface area (Å²) in [5, 5.41) is 14.5. The summed E-state index contributed by atoms with van der Waals surface area (Å²) >= 11 is 3.10. The van der Waals surface area contributed by atoms with E-state index in [1.807, 2.05) is 24.6 Å². The zero-order valence-electron chi connectivity index (χ0n) is 10.9. The first kappa shape index (κ1) is 14.2. The minimum atomic E-state index is -0.732. The van der Waals surface area contributed by atoms with Crippen molar-refractivity contribution in [2.75, 3.05) is 0 Å². The Balaban J connectivity index is 2.20. The Hall–Kier alpha value is -1.20. The van der Waals surface area contributed by atoms with Crippen LogP contribution in [0.3, 0.4) is 0 Å². The van der Waals surface area contributed by atoms with E-state index in [1.165, 1.54) is 6.07 Å². The zero-order chi connectivity index (χ0) is 14.0. The van der Waals surface area contributed by atoms with Crippen molar-refractivity contribution in [1.82, 2.24) is 9.78 Å². The van der Waals surface area contributed by atoms with E-state index >= 15 is 0 Å². The van der Waals surface area contributed by atoms with Gasteiger partial charge in [-0.25, -0.2) is 4.39 Å². The third kappa shape index (κ3) is 3.22. The van der Waals surface area contributed by atoms with Crippen LogP contribution in [0.15, 0.2) is 28.7 Å². The van der Waals surface area contributed by atoms with Gasteiger partial charge >= 0.3 is 0 Å². The van der Waals surface area contributed by atoms with Crippen LogP contribution < -0.4 is 0 Å². The summed E-state index contributed by atoms with van der Waals surface area (Å²) in [7, 11) is 0. The molecule has 2 aromatic rings. The van der Waals surface area contributed by atoms with Crippen LogP contribution in [0.25, 0.3) is 0 Å². The van der Waals surface area contributed by atoms with Crippen molar-refractivity contribution >= 4 is 15.9 Å². The lowest BCUT2D eigenvalue weighted by Crippen LogP contribution is -2.08. The molecule has 0 radical (unpaired) electrons. The number of hydrogen-bond acceptors (Lipinski definition) is 2. The van der Waals surface area contributed by atoms with E-state index in [2.05, 4.69) is 21.0 Å². The first-order chi connectivity index (χ1) is 9.01.